The van der Waals surface area contributed by atoms with Crippen LogP contribution in [0.1, 0.15) is 11.1 Å². The van der Waals surface area contributed by atoms with Gasteiger partial charge in [-0.05, 0) is 35.7 Å². The lowest BCUT2D eigenvalue weighted by molar-refractivity contribution is 0.172. The number of hydrogen-bond acceptors (Lipinski definition) is 4. The van der Waals surface area contributed by atoms with Crippen molar-refractivity contribution in [3.63, 3.8) is 0 Å². The molecule has 0 aliphatic carbocycles. The van der Waals surface area contributed by atoms with Crippen LogP contribution in [0.5, 0.6) is 11.5 Å². The lowest BCUT2D eigenvalue weighted by Gasteiger charge is -2.36. The van der Waals surface area contributed by atoms with E-state index in [1.165, 1.54) is 11.6 Å². The van der Waals surface area contributed by atoms with Gasteiger partial charge in [-0.25, -0.2) is 8.78 Å². The summed E-state index contributed by atoms with van der Waals surface area (Å²) < 4.78 is 37.9. The maximum Gasteiger partial charge on any atom is 0.193 e. The third-order valence-electron chi connectivity index (χ3n) is 5.45. The van der Waals surface area contributed by atoms with Crippen molar-refractivity contribution in [3.05, 3.63) is 59.2 Å². The van der Waals surface area contributed by atoms with E-state index in [2.05, 4.69) is 26.2 Å². The molecule has 0 bridgehead atoms. The van der Waals surface area contributed by atoms with Crippen LogP contribution in [0.25, 0.3) is 0 Å². The first-order valence-corrected chi connectivity index (χ1v) is 10.4. The summed E-state index contributed by atoms with van der Waals surface area (Å²) in [6.07, 6.45) is 0.391. The van der Waals surface area contributed by atoms with Crippen LogP contribution in [0, 0.1) is 11.6 Å². The van der Waals surface area contributed by atoms with Gasteiger partial charge < -0.3 is 19.7 Å². The van der Waals surface area contributed by atoms with Gasteiger partial charge in [-0.3, -0.25) is 9.89 Å². The first kappa shape index (κ1) is 22.8. The van der Waals surface area contributed by atoms with E-state index in [1.807, 2.05) is 12.1 Å². The van der Waals surface area contributed by atoms with Crippen LogP contribution in [0.3, 0.4) is 0 Å². The molecule has 8 heteroatoms. The lowest BCUT2D eigenvalue weighted by Crippen LogP contribution is -2.52. The molecule has 1 saturated heterocycles. The van der Waals surface area contributed by atoms with Crippen LogP contribution >= 0.6 is 0 Å². The zero-order chi connectivity index (χ0) is 22.2. The average Bonchev–Trinajstić information content (AvgIpc) is 2.80. The highest BCUT2D eigenvalue weighted by atomic mass is 19.2. The van der Waals surface area contributed by atoms with Gasteiger partial charge in [-0.1, -0.05) is 18.2 Å². The first-order valence-electron chi connectivity index (χ1n) is 10.4. The van der Waals surface area contributed by atoms with Crippen molar-refractivity contribution in [2.24, 2.45) is 4.99 Å². The molecule has 0 radical (unpaired) electrons. The number of ether oxygens (including phenoxy) is 2. The van der Waals surface area contributed by atoms with E-state index in [4.69, 9.17) is 9.47 Å². The van der Waals surface area contributed by atoms with Crippen molar-refractivity contribution in [2.75, 3.05) is 54.0 Å². The van der Waals surface area contributed by atoms with E-state index in [0.717, 1.165) is 56.2 Å². The SMILES string of the molecule is CN=C(NCCc1cccc(F)c1F)N1CCN(Cc2ccc(OC)c(OC)c2)CC1. The fourth-order valence-corrected chi connectivity index (χ4v) is 3.74. The topological polar surface area (TPSA) is 49.3 Å². The second-order valence-corrected chi connectivity index (χ2v) is 7.39. The fourth-order valence-electron chi connectivity index (χ4n) is 3.74. The highest BCUT2D eigenvalue weighted by Gasteiger charge is 2.20. The molecular formula is C23H30F2N4O2. The van der Waals surface area contributed by atoms with E-state index in [-0.39, 0.29) is 0 Å². The van der Waals surface area contributed by atoms with Crippen molar-refractivity contribution >= 4 is 5.96 Å². The Hall–Kier alpha value is -2.87. The van der Waals surface area contributed by atoms with Gasteiger partial charge in [-0.2, -0.15) is 0 Å². The molecule has 2 aromatic rings. The second-order valence-electron chi connectivity index (χ2n) is 7.39. The first-order chi connectivity index (χ1) is 15.0. The second kappa shape index (κ2) is 10.9. The van der Waals surface area contributed by atoms with Gasteiger partial charge in [-0.15, -0.1) is 0 Å². The molecule has 2 aromatic carbocycles. The van der Waals surface area contributed by atoms with Crippen LogP contribution in [0.15, 0.2) is 41.4 Å². The molecule has 1 fully saturated rings. The Balaban J connectivity index is 1.48. The third kappa shape index (κ3) is 5.85. The van der Waals surface area contributed by atoms with Crippen LogP contribution < -0.4 is 14.8 Å². The molecule has 0 unspecified atom stereocenters. The number of guanidine groups is 1. The average molecular weight is 433 g/mol. The zero-order valence-electron chi connectivity index (χ0n) is 18.3. The number of piperazine rings is 1. The Morgan fingerprint density at radius 3 is 2.45 bits per heavy atom. The lowest BCUT2D eigenvalue weighted by atomic mass is 10.1. The predicted octanol–water partition coefficient (Wildman–Crippen LogP) is 2.92. The third-order valence-corrected chi connectivity index (χ3v) is 5.45. The number of rotatable bonds is 7. The Labute approximate surface area is 182 Å². The molecule has 3 rings (SSSR count). The molecule has 31 heavy (non-hydrogen) atoms. The molecule has 0 spiro atoms. The summed E-state index contributed by atoms with van der Waals surface area (Å²) in [7, 11) is 5.01. The summed E-state index contributed by atoms with van der Waals surface area (Å²) in [4.78, 5) is 8.92. The summed E-state index contributed by atoms with van der Waals surface area (Å²) >= 11 is 0. The Morgan fingerprint density at radius 2 is 1.77 bits per heavy atom. The molecule has 1 N–H and O–H groups in total. The van der Waals surface area contributed by atoms with Gasteiger partial charge in [0.1, 0.15) is 0 Å². The van der Waals surface area contributed by atoms with Crippen LogP contribution in [0.4, 0.5) is 8.78 Å². The number of hydrogen-bond donors (Lipinski definition) is 1. The summed E-state index contributed by atoms with van der Waals surface area (Å²) in [6.45, 7) is 4.78. The van der Waals surface area contributed by atoms with Crippen molar-refractivity contribution in [1.29, 1.82) is 0 Å². The maximum absolute atomic E-state index is 13.8. The van der Waals surface area contributed by atoms with E-state index in [9.17, 15) is 8.78 Å². The van der Waals surface area contributed by atoms with Crippen LogP contribution in [0.2, 0.25) is 0 Å². The number of halogens is 2. The Kier molecular flexibility index (Phi) is 8.06. The Bertz CT molecular complexity index is 899. The van der Waals surface area contributed by atoms with E-state index < -0.39 is 11.6 Å². The van der Waals surface area contributed by atoms with Crippen molar-refractivity contribution in [1.82, 2.24) is 15.1 Å². The summed E-state index contributed by atoms with van der Waals surface area (Å²) in [5.41, 5.74) is 1.54. The summed E-state index contributed by atoms with van der Waals surface area (Å²) in [5, 5.41) is 3.26. The molecule has 0 saturated carbocycles. The van der Waals surface area contributed by atoms with Gasteiger partial charge in [0.05, 0.1) is 14.2 Å². The minimum Gasteiger partial charge on any atom is -0.493 e. The van der Waals surface area contributed by atoms with Crippen LogP contribution in [-0.4, -0.2) is 69.8 Å². The van der Waals surface area contributed by atoms with E-state index in [0.29, 0.717) is 18.5 Å². The number of nitrogens with one attached hydrogen (secondary N) is 1. The maximum atomic E-state index is 13.8. The highest BCUT2D eigenvalue weighted by molar-refractivity contribution is 5.80. The number of nitrogens with zero attached hydrogens (tertiary/aromatic N) is 3. The number of aliphatic imine (C=N–C) groups is 1. The van der Waals surface area contributed by atoms with Crippen molar-refractivity contribution in [3.8, 4) is 11.5 Å². The number of benzene rings is 2. The van der Waals surface area contributed by atoms with E-state index >= 15 is 0 Å². The molecule has 0 atom stereocenters. The smallest absolute Gasteiger partial charge is 0.193 e. The standard InChI is InChI=1S/C23H30F2N4O2/c1-26-23(27-10-9-18-5-4-6-19(24)22(18)25)29-13-11-28(12-14-29)16-17-7-8-20(30-2)21(15-17)31-3/h4-8,15H,9-14,16H2,1-3H3,(H,26,27). The van der Waals surface area contributed by atoms with Gasteiger partial charge >= 0.3 is 0 Å². The van der Waals surface area contributed by atoms with Crippen LogP contribution in [-0.2, 0) is 13.0 Å². The van der Waals surface area contributed by atoms with Gasteiger partial charge in [0, 0.05) is 46.3 Å². The summed E-state index contributed by atoms with van der Waals surface area (Å²) in [6, 6.07) is 10.3. The Morgan fingerprint density at radius 1 is 1.03 bits per heavy atom. The van der Waals surface area contributed by atoms with Crippen molar-refractivity contribution < 1.29 is 18.3 Å². The molecule has 1 aliphatic rings. The minimum absolute atomic E-state index is 0.364. The normalized spacial score (nSPS) is 15.1. The quantitative estimate of drug-likeness (QED) is 0.539. The number of methoxy groups -OCH3 is 2. The molecule has 0 amide bonds. The van der Waals surface area contributed by atoms with Gasteiger partial charge in [0.2, 0.25) is 0 Å². The van der Waals surface area contributed by atoms with E-state index in [1.54, 1.807) is 27.3 Å². The molecule has 0 aromatic heterocycles. The molecule has 168 valence electrons. The predicted molar refractivity (Wildman–Crippen MR) is 118 cm³/mol. The molecule has 1 aliphatic heterocycles. The zero-order valence-corrected chi connectivity index (χ0v) is 18.3. The minimum atomic E-state index is -0.813. The largest absolute Gasteiger partial charge is 0.493 e. The monoisotopic (exact) mass is 432 g/mol. The molecule has 6 nitrogen and oxygen atoms in total. The summed E-state index contributed by atoms with van der Waals surface area (Å²) in [5.74, 6) is 0.653. The fraction of sp³-hybridized carbons (Fsp3) is 0.435. The molecule has 1 heterocycles. The van der Waals surface area contributed by atoms with Gasteiger partial charge in [0.15, 0.2) is 29.1 Å². The highest BCUT2D eigenvalue weighted by Crippen LogP contribution is 2.28. The molecular weight excluding hydrogens is 402 g/mol. The van der Waals surface area contributed by atoms with Crippen molar-refractivity contribution in [2.45, 2.75) is 13.0 Å². The van der Waals surface area contributed by atoms with Gasteiger partial charge in [0.25, 0.3) is 0 Å².